The van der Waals surface area contributed by atoms with Gasteiger partial charge >= 0.3 is 0 Å². The quantitative estimate of drug-likeness (QED) is 0.457. The van der Waals surface area contributed by atoms with Crippen LogP contribution in [-0.4, -0.2) is 47.0 Å². The number of nitro benzene ring substituents is 1. The van der Waals surface area contributed by atoms with Crippen LogP contribution in [0.3, 0.4) is 0 Å². The standard InChI is InChI=1S/C15H16N2O5S2/c1-9-10-7-8-12(15(23-2)14(9)18)16(10)24(21,22)13-6-4-3-5-11(13)17(19)20/h3-10,12,15H,1-2H3/t9-,10+,12-,15+/m1/s1. The van der Waals surface area contributed by atoms with E-state index in [9.17, 15) is 23.3 Å². The molecule has 0 radical (unpaired) electrons. The number of thioether (sulfide) groups is 1. The van der Waals surface area contributed by atoms with E-state index in [4.69, 9.17) is 0 Å². The summed E-state index contributed by atoms with van der Waals surface area (Å²) < 4.78 is 27.5. The summed E-state index contributed by atoms with van der Waals surface area (Å²) in [5, 5.41) is 10.7. The molecule has 0 saturated carbocycles. The summed E-state index contributed by atoms with van der Waals surface area (Å²) in [6, 6.07) is 4.08. The molecule has 4 atom stereocenters. The summed E-state index contributed by atoms with van der Waals surface area (Å²) >= 11 is 1.30. The largest absolute Gasteiger partial charge is 0.298 e. The van der Waals surface area contributed by atoms with Crippen molar-refractivity contribution in [3.05, 3.63) is 46.5 Å². The fraction of sp³-hybridized carbons (Fsp3) is 0.400. The van der Waals surface area contributed by atoms with E-state index in [1.807, 2.05) is 0 Å². The van der Waals surface area contributed by atoms with Crippen LogP contribution in [0.5, 0.6) is 0 Å². The third-order valence-electron chi connectivity index (χ3n) is 4.52. The number of hydrogen-bond donors (Lipinski definition) is 0. The molecular weight excluding hydrogens is 352 g/mol. The highest BCUT2D eigenvalue weighted by Gasteiger charge is 2.53. The minimum absolute atomic E-state index is 0.0107. The van der Waals surface area contributed by atoms with Gasteiger partial charge in [-0.1, -0.05) is 31.2 Å². The first-order valence-electron chi connectivity index (χ1n) is 7.32. The van der Waals surface area contributed by atoms with E-state index in [0.29, 0.717) is 0 Å². The summed E-state index contributed by atoms with van der Waals surface area (Å²) in [6.45, 7) is 1.70. The lowest BCUT2D eigenvalue weighted by Crippen LogP contribution is -2.57. The van der Waals surface area contributed by atoms with Gasteiger partial charge in [0.05, 0.1) is 22.3 Å². The number of nitro groups is 1. The number of rotatable bonds is 4. The van der Waals surface area contributed by atoms with Gasteiger partial charge in [0.2, 0.25) is 0 Å². The van der Waals surface area contributed by atoms with Gasteiger partial charge in [-0.2, -0.15) is 16.1 Å². The number of benzene rings is 1. The van der Waals surface area contributed by atoms with Gasteiger partial charge in [0.15, 0.2) is 10.7 Å². The van der Waals surface area contributed by atoms with Crippen molar-refractivity contribution in [2.45, 2.75) is 29.2 Å². The highest BCUT2D eigenvalue weighted by molar-refractivity contribution is 8.00. The number of ketones is 1. The first kappa shape index (κ1) is 17.1. The predicted octanol–water partition coefficient (Wildman–Crippen LogP) is 1.84. The van der Waals surface area contributed by atoms with Gasteiger partial charge in [0, 0.05) is 12.0 Å². The molecule has 1 saturated heterocycles. The first-order valence-corrected chi connectivity index (χ1v) is 10.0. The average Bonchev–Trinajstić information content (AvgIpc) is 2.95. The van der Waals surface area contributed by atoms with E-state index in [1.54, 1.807) is 25.3 Å². The summed E-state index contributed by atoms with van der Waals surface area (Å²) in [7, 11) is -4.11. The van der Waals surface area contributed by atoms with Gasteiger partial charge in [-0.05, 0) is 12.3 Å². The summed E-state index contributed by atoms with van der Waals surface area (Å²) in [4.78, 5) is 22.6. The molecule has 0 aliphatic carbocycles. The number of sulfonamides is 1. The summed E-state index contributed by atoms with van der Waals surface area (Å²) in [6.07, 6.45) is 5.20. The van der Waals surface area contributed by atoms with Gasteiger partial charge in [-0.3, -0.25) is 14.9 Å². The maximum Gasteiger partial charge on any atom is 0.289 e. The van der Waals surface area contributed by atoms with Crippen molar-refractivity contribution < 1.29 is 18.1 Å². The second-order valence-electron chi connectivity index (χ2n) is 5.77. The van der Waals surface area contributed by atoms with Gasteiger partial charge in [0.25, 0.3) is 15.7 Å². The lowest BCUT2D eigenvalue weighted by molar-refractivity contribution is -0.387. The molecule has 1 fully saturated rings. The Kier molecular flexibility index (Phi) is 4.27. The first-order chi connectivity index (χ1) is 11.3. The Balaban J connectivity index is 2.12. The van der Waals surface area contributed by atoms with Crippen LogP contribution in [0.1, 0.15) is 6.92 Å². The molecule has 9 heteroatoms. The zero-order chi connectivity index (χ0) is 17.6. The molecule has 0 amide bonds. The molecule has 2 aliphatic heterocycles. The maximum absolute atomic E-state index is 13.1. The maximum atomic E-state index is 13.1. The molecule has 0 spiro atoms. The van der Waals surface area contributed by atoms with Crippen LogP contribution in [-0.2, 0) is 14.8 Å². The Labute approximate surface area is 143 Å². The minimum atomic E-state index is -4.11. The summed E-state index contributed by atoms with van der Waals surface area (Å²) in [5.41, 5.74) is -0.456. The number of carbonyl (C=O) groups excluding carboxylic acids is 1. The van der Waals surface area contributed by atoms with Crippen LogP contribution < -0.4 is 0 Å². The minimum Gasteiger partial charge on any atom is -0.298 e. The van der Waals surface area contributed by atoms with Crippen molar-refractivity contribution in [3.8, 4) is 0 Å². The van der Waals surface area contributed by atoms with Gasteiger partial charge in [-0.15, -0.1) is 0 Å². The van der Waals surface area contributed by atoms with E-state index >= 15 is 0 Å². The van der Waals surface area contributed by atoms with Crippen LogP contribution >= 0.6 is 11.8 Å². The van der Waals surface area contributed by atoms with E-state index < -0.39 is 43.9 Å². The molecule has 0 N–H and O–H groups in total. The lowest BCUT2D eigenvalue weighted by Gasteiger charge is -2.40. The molecular formula is C15H16N2O5S2. The topological polar surface area (TPSA) is 97.6 Å². The molecule has 2 aliphatic rings. The SMILES string of the molecule is CS[C@@H]1C(=O)[C@H](C)[C@@H]2C=C[C@H]1N2S(=O)(=O)c1ccccc1[N+](=O)[O-]. The Morgan fingerprint density at radius 2 is 1.83 bits per heavy atom. The smallest absolute Gasteiger partial charge is 0.289 e. The highest BCUT2D eigenvalue weighted by atomic mass is 32.2. The van der Waals surface area contributed by atoms with E-state index in [-0.39, 0.29) is 10.7 Å². The molecule has 3 rings (SSSR count). The van der Waals surface area contributed by atoms with Gasteiger partial charge in [-0.25, -0.2) is 8.42 Å². The van der Waals surface area contributed by atoms with Crippen LogP contribution in [0.4, 0.5) is 5.69 Å². The number of para-hydroxylation sites is 1. The number of hydrogen-bond acceptors (Lipinski definition) is 6. The zero-order valence-electron chi connectivity index (χ0n) is 13.0. The number of nitrogens with zero attached hydrogens (tertiary/aromatic N) is 2. The van der Waals surface area contributed by atoms with Crippen LogP contribution in [0.2, 0.25) is 0 Å². The van der Waals surface area contributed by atoms with Gasteiger partial charge < -0.3 is 0 Å². The highest BCUT2D eigenvalue weighted by Crippen LogP contribution is 2.41. The molecule has 128 valence electrons. The number of fused-ring (bicyclic) bond motifs is 2. The normalized spacial score (nSPS) is 29.8. The van der Waals surface area contributed by atoms with E-state index in [0.717, 1.165) is 0 Å². The number of Topliss-reactive ketones (excluding diaryl/α,β-unsaturated/α-hetero) is 1. The predicted molar refractivity (Wildman–Crippen MR) is 90.3 cm³/mol. The molecule has 1 aromatic carbocycles. The fourth-order valence-corrected chi connectivity index (χ4v) is 6.32. The second kappa shape index (κ2) is 5.98. The molecule has 2 bridgehead atoms. The van der Waals surface area contributed by atoms with Crippen molar-refractivity contribution in [2.75, 3.05) is 6.26 Å². The van der Waals surface area contributed by atoms with Crippen molar-refractivity contribution in [3.63, 3.8) is 0 Å². The lowest BCUT2D eigenvalue weighted by atomic mass is 9.91. The molecule has 0 aromatic heterocycles. The molecule has 7 nitrogen and oxygen atoms in total. The Morgan fingerprint density at radius 1 is 1.21 bits per heavy atom. The number of carbonyl (C=O) groups is 1. The molecule has 24 heavy (non-hydrogen) atoms. The van der Waals surface area contributed by atoms with Crippen molar-refractivity contribution in [2.24, 2.45) is 5.92 Å². The average molecular weight is 368 g/mol. The van der Waals surface area contributed by atoms with Crippen molar-refractivity contribution >= 4 is 33.3 Å². The third kappa shape index (κ3) is 2.38. The Bertz CT molecular complexity index is 836. The Morgan fingerprint density at radius 3 is 2.46 bits per heavy atom. The second-order valence-corrected chi connectivity index (χ2v) is 8.56. The van der Waals surface area contributed by atoms with E-state index in [2.05, 4.69) is 0 Å². The molecule has 0 unspecified atom stereocenters. The fourth-order valence-electron chi connectivity index (χ4n) is 3.33. The van der Waals surface area contributed by atoms with Crippen molar-refractivity contribution in [1.82, 2.24) is 4.31 Å². The zero-order valence-corrected chi connectivity index (χ0v) is 14.7. The van der Waals surface area contributed by atoms with Crippen LogP contribution in [0.15, 0.2) is 41.3 Å². The van der Waals surface area contributed by atoms with Crippen molar-refractivity contribution in [1.29, 1.82) is 0 Å². The van der Waals surface area contributed by atoms with Crippen LogP contribution in [0, 0.1) is 16.0 Å². The summed E-state index contributed by atoms with van der Waals surface area (Å²) in [5.74, 6) is -0.480. The third-order valence-corrected chi connectivity index (χ3v) is 7.48. The van der Waals surface area contributed by atoms with Gasteiger partial charge in [0.1, 0.15) is 0 Å². The van der Waals surface area contributed by atoms with Crippen LogP contribution in [0.25, 0.3) is 0 Å². The monoisotopic (exact) mass is 368 g/mol. The molecule has 2 heterocycles. The Hall–Kier alpha value is -1.71. The van der Waals surface area contributed by atoms with E-state index in [1.165, 1.54) is 40.3 Å². The number of piperidine rings is 1. The molecule has 1 aromatic rings.